The Balaban J connectivity index is 2.27. The maximum absolute atomic E-state index is 6.17. The molecule has 0 bridgehead atoms. The van der Waals surface area contributed by atoms with Crippen molar-refractivity contribution in [1.82, 2.24) is 15.1 Å². The van der Waals surface area contributed by atoms with Gasteiger partial charge in [0, 0.05) is 12.7 Å². The molecule has 17 heavy (non-hydrogen) atoms. The third-order valence-corrected chi connectivity index (χ3v) is 2.87. The van der Waals surface area contributed by atoms with E-state index in [4.69, 9.17) is 11.6 Å². The Bertz CT molecular complexity index is 505. The van der Waals surface area contributed by atoms with E-state index in [0.717, 1.165) is 24.5 Å². The van der Waals surface area contributed by atoms with Crippen LogP contribution in [0.25, 0.3) is 5.69 Å². The van der Waals surface area contributed by atoms with Crippen molar-refractivity contribution >= 4 is 11.6 Å². The molecule has 0 atom stereocenters. The Labute approximate surface area is 106 Å². The monoisotopic (exact) mass is 249 g/mol. The first-order chi connectivity index (χ1) is 8.20. The fourth-order valence-corrected chi connectivity index (χ4v) is 1.85. The maximum Gasteiger partial charge on any atom is 0.0834 e. The number of aryl methyl sites for hydroxylation is 1. The summed E-state index contributed by atoms with van der Waals surface area (Å²) < 4.78 is 1.82. The summed E-state index contributed by atoms with van der Waals surface area (Å²) in [6, 6.07) is 7.93. The fourth-order valence-electron chi connectivity index (χ4n) is 1.64. The van der Waals surface area contributed by atoms with E-state index >= 15 is 0 Å². The number of halogens is 1. The predicted octanol–water partition coefficient (Wildman–Crippen LogP) is 2.94. The third kappa shape index (κ3) is 2.87. The van der Waals surface area contributed by atoms with E-state index in [2.05, 4.69) is 17.3 Å². The topological polar surface area (TPSA) is 29.9 Å². The Hall–Kier alpha value is -1.32. The van der Waals surface area contributed by atoms with Gasteiger partial charge in [0.15, 0.2) is 0 Å². The Morgan fingerprint density at radius 1 is 1.35 bits per heavy atom. The molecule has 0 spiro atoms. The van der Waals surface area contributed by atoms with Crippen LogP contribution in [-0.2, 0) is 6.54 Å². The number of hydrogen-bond acceptors (Lipinski definition) is 2. The van der Waals surface area contributed by atoms with Gasteiger partial charge in [0.05, 0.1) is 16.4 Å². The summed E-state index contributed by atoms with van der Waals surface area (Å²) in [5.74, 6) is 0. The lowest BCUT2D eigenvalue weighted by Crippen LogP contribution is -2.12. The van der Waals surface area contributed by atoms with Gasteiger partial charge in [-0.25, -0.2) is 4.68 Å². The number of benzene rings is 1. The van der Waals surface area contributed by atoms with Gasteiger partial charge in [-0.15, -0.1) is 0 Å². The molecule has 0 saturated heterocycles. The molecule has 2 aromatic rings. The molecule has 0 aliphatic rings. The molecule has 0 saturated carbocycles. The van der Waals surface area contributed by atoms with E-state index in [1.54, 1.807) is 0 Å². The average molecular weight is 250 g/mol. The lowest BCUT2D eigenvalue weighted by molar-refractivity contribution is 0.696. The van der Waals surface area contributed by atoms with Crippen LogP contribution < -0.4 is 5.32 Å². The van der Waals surface area contributed by atoms with E-state index in [9.17, 15) is 0 Å². The van der Waals surface area contributed by atoms with Gasteiger partial charge in [0.2, 0.25) is 0 Å². The summed E-state index contributed by atoms with van der Waals surface area (Å²) in [4.78, 5) is 0. The summed E-state index contributed by atoms with van der Waals surface area (Å²) in [6.07, 6.45) is 1.94. The molecule has 0 amide bonds. The molecule has 0 aliphatic carbocycles. The van der Waals surface area contributed by atoms with Crippen LogP contribution in [0, 0.1) is 6.92 Å². The smallest absolute Gasteiger partial charge is 0.0834 e. The van der Waals surface area contributed by atoms with Crippen molar-refractivity contribution in [3.05, 3.63) is 46.7 Å². The predicted molar refractivity (Wildman–Crippen MR) is 70.7 cm³/mol. The number of rotatable bonds is 4. The molecule has 0 fully saturated rings. The normalized spacial score (nSPS) is 10.8. The van der Waals surface area contributed by atoms with Crippen molar-refractivity contribution in [3.8, 4) is 5.69 Å². The molecule has 1 heterocycles. The van der Waals surface area contributed by atoms with Gasteiger partial charge < -0.3 is 5.32 Å². The van der Waals surface area contributed by atoms with Gasteiger partial charge in [0.25, 0.3) is 0 Å². The second-order valence-corrected chi connectivity index (χ2v) is 4.39. The summed E-state index contributed by atoms with van der Waals surface area (Å²) >= 11 is 6.17. The van der Waals surface area contributed by atoms with Gasteiger partial charge >= 0.3 is 0 Å². The van der Waals surface area contributed by atoms with Crippen molar-refractivity contribution in [2.45, 2.75) is 20.4 Å². The van der Waals surface area contributed by atoms with E-state index in [-0.39, 0.29) is 0 Å². The van der Waals surface area contributed by atoms with Crippen molar-refractivity contribution in [1.29, 1.82) is 0 Å². The van der Waals surface area contributed by atoms with Gasteiger partial charge in [-0.2, -0.15) is 5.10 Å². The number of hydrogen-bond donors (Lipinski definition) is 1. The molecule has 3 nitrogen and oxygen atoms in total. The lowest BCUT2D eigenvalue weighted by atomic mass is 10.2. The van der Waals surface area contributed by atoms with Crippen LogP contribution in [0.3, 0.4) is 0 Å². The summed E-state index contributed by atoms with van der Waals surface area (Å²) in [7, 11) is 0. The molecule has 1 aromatic carbocycles. The first-order valence-corrected chi connectivity index (χ1v) is 6.10. The highest BCUT2D eigenvalue weighted by Crippen LogP contribution is 2.21. The Morgan fingerprint density at radius 3 is 2.94 bits per heavy atom. The number of nitrogens with zero attached hydrogens (tertiary/aromatic N) is 2. The molecular weight excluding hydrogens is 234 g/mol. The molecule has 90 valence electrons. The van der Waals surface area contributed by atoms with Crippen LogP contribution in [0.15, 0.2) is 30.5 Å². The van der Waals surface area contributed by atoms with Crippen LogP contribution in [0.4, 0.5) is 0 Å². The first-order valence-electron chi connectivity index (χ1n) is 5.72. The Morgan fingerprint density at radius 2 is 2.18 bits per heavy atom. The van der Waals surface area contributed by atoms with Gasteiger partial charge in [0.1, 0.15) is 0 Å². The van der Waals surface area contributed by atoms with Crippen LogP contribution in [0.1, 0.15) is 18.2 Å². The summed E-state index contributed by atoms with van der Waals surface area (Å²) in [5.41, 5.74) is 3.12. The number of aromatic nitrogens is 2. The molecule has 1 aromatic heterocycles. The SMILES string of the molecule is CCNCc1ccn(-c2cc(C)ccc2Cl)n1. The minimum Gasteiger partial charge on any atom is -0.311 e. The minimum atomic E-state index is 0.716. The summed E-state index contributed by atoms with van der Waals surface area (Å²) in [5, 5.41) is 8.45. The van der Waals surface area contributed by atoms with Crippen molar-refractivity contribution < 1.29 is 0 Å². The molecule has 0 aliphatic heterocycles. The van der Waals surface area contributed by atoms with Crippen LogP contribution in [-0.4, -0.2) is 16.3 Å². The molecule has 4 heteroatoms. The zero-order chi connectivity index (χ0) is 12.3. The highest BCUT2D eigenvalue weighted by atomic mass is 35.5. The molecule has 0 radical (unpaired) electrons. The van der Waals surface area contributed by atoms with Crippen molar-refractivity contribution in [2.24, 2.45) is 0 Å². The molecule has 2 rings (SSSR count). The summed E-state index contributed by atoms with van der Waals surface area (Å²) in [6.45, 7) is 5.85. The Kier molecular flexibility index (Phi) is 3.82. The van der Waals surface area contributed by atoms with Crippen LogP contribution in [0.5, 0.6) is 0 Å². The second-order valence-electron chi connectivity index (χ2n) is 3.99. The van der Waals surface area contributed by atoms with Crippen molar-refractivity contribution in [3.63, 3.8) is 0 Å². The minimum absolute atomic E-state index is 0.716. The standard InChI is InChI=1S/C13H16ClN3/c1-3-15-9-11-6-7-17(16-11)13-8-10(2)4-5-12(13)14/h4-8,15H,3,9H2,1-2H3. The molecule has 1 N–H and O–H groups in total. The zero-order valence-electron chi connectivity index (χ0n) is 10.1. The van der Waals surface area contributed by atoms with E-state index < -0.39 is 0 Å². The van der Waals surface area contributed by atoms with Crippen molar-refractivity contribution in [2.75, 3.05) is 6.54 Å². The van der Waals surface area contributed by atoms with E-state index in [1.807, 2.05) is 42.1 Å². The highest BCUT2D eigenvalue weighted by molar-refractivity contribution is 6.32. The van der Waals surface area contributed by atoms with Gasteiger partial charge in [-0.05, 0) is 37.2 Å². The zero-order valence-corrected chi connectivity index (χ0v) is 10.8. The first kappa shape index (κ1) is 12.1. The third-order valence-electron chi connectivity index (χ3n) is 2.55. The lowest BCUT2D eigenvalue weighted by Gasteiger charge is -2.05. The molecule has 0 unspecified atom stereocenters. The number of nitrogens with one attached hydrogen (secondary N) is 1. The molecular formula is C13H16ClN3. The second kappa shape index (κ2) is 5.34. The highest BCUT2D eigenvalue weighted by Gasteiger charge is 2.05. The van der Waals surface area contributed by atoms with Crippen LogP contribution >= 0.6 is 11.6 Å². The maximum atomic E-state index is 6.17. The van der Waals surface area contributed by atoms with Gasteiger partial charge in [-0.3, -0.25) is 0 Å². The quantitative estimate of drug-likeness (QED) is 0.903. The van der Waals surface area contributed by atoms with Gasteiger partial charge in [-0.1, -0.05) is 24.6 Å². The largest absolute Gasteiger partial charge is 0.311 e. The fraction of sp³-hybridized carbons (Fsp3) is 0.308. The average Bonchev–Trinajstić information content (AvgIpc) is 2.78. The van der Waals surface area contributed by atoms with E-state index in [1.165, 1.54) is 5.56 Å². The van der Waals surface area contributed by atoms with E-state index in [0.29, 0.717) is 5.02 Å². The van der Waals surface area contributed by atoms with Crippen LogP contribution in [0.2, 0.25) is 5.02 Å².